The van der Waals surface area contributed by atoms with Gasteiger partial charge in [-0.1, -0.05) is 30.9 Å². The highest BCUT2D eigenvalue weighted by Crippen LogP contribution is 2.34. The van der Waals surface area contributed by atoms with Crippen molar-refractivity contribution < 1.29 is 9.47 Å². The Hall–Kier alpha value is -1.69. The predicted octanol–water partition coefficient (Wildman–Crippen LogP) is 4.87. The Balaban J connectivity index is 2.16. The van der Waals surface area contributed by atoms with E-state index in [1.165, 1.54) is 0 Å². The van der Waals surface area contributed by atoms with E-state index in [9.17, 15) is 0 Å². The quantitative estimate of drug-likeness (QED) is 0.499. The number of hydrogen-bond donors (Lipinski definition) is 1. The molecule has 2 aromatic carbocycles. The van der Waals surface area contributed by atoms with E-state index in [-0.39, 0.29) is 0 Å². The SMILES string of the molecule is C=CCOc1c(I)cc(CNc2ccccc2)cc1OCC. The molecule has 0 aliphatic carbocycles. The normalized spacial score (nSPS) is 10.1. The first kappa shape index (κ1) is 16.7. The molecule has 0 bridgehead atoms. The topological polar surface area (TPSA) is 30.5 Å². The van der Waals surface area contributed by atoms with E-state index < -0.39 is 0 Å². The van der Waals surface area contributed by atoms with Gasteiger partial charge in [0.05, 0.1) is 10.2 Å². The number of benzene rings is 2. The number of rotatable bonds is 8. The second-order valence-corrected chi connectivity index (χ2v) is 5.82. The zero-order chi connectivity index (χ0) is 15.8. The van der Waals surface area contributed by atoms with Gasteiger partial charge in [0, 0.05) is 12.2 Å². The maximum Gasteiger partial charge on any atom is 0.174 e. The Morgan fingerprint density at radius 1 is 1.18 bits per heavy atom. The van der Waals surface area contributed by atoms with Gasteiger partial charge in [0.1, 0.15) is 6.61 Å². The smallest absolute Gasteiger partial charge is 0.174 e. The van der Waals surface area contributed by atoms with Crippen LogP contribution in [0.5, 0.6) is 11.5 Å². The summed E-state index contributed by atoms with van der Waals surface area (Å²) in [5.74, 6) is 1.56. The van der Waals surface area contributed by atoms with Crippen LogP contribution in [0.4, 0.5) is 5.69 Å². The van der Waals surface area contributed by atoms with E-state index in [1.54, 1.807) is 6.08 Å². The molecular formula is C18H20INO2. The molecule has 3 nitrogen and oxygen atoms in total. The molecule has 0 saturated heterocycles. The van der Waals surface area contributed by atoms with Crippen LogP contribution in [0.15, 0.2) is 55.1 Å². The molecule has 0 heterocycles. The highest BCUT2D eigenvalue weighted by Gasteiger charge is 2.11. The molecule has 0 saturated carbocycles. The number of anilines is 1. The minimum atomic E-state index is 0.470. The first-order valence-corrected chi connectivity index (χ1v) is 8.30. The maximum absolute atomic E-state index is 5.72. The molecule has 2 aromatic rings. The Morgan fingerprint density at radius 2 is 1.95 bits per heavy atom. The standard InChI is InChI=1S/C18H20INO2/c1-3-10-22-18-16(19)11-14(12-17(18)21-4-2)13-20-15-8-6-5-7-9-15/h3,5-9,11-12,20H,1,4,10,13H2,2H3. The van der Waals surface area contributed by atoms with Crippen molar-refractivity contribution >= 4 is 28.3 Å². The first-order valence-electron chi connectivity index (χ1n) is 7.22. The lowest BCUT2D eigenvalue weighted by atomic mass is 10.2. The minimum absolute atomic E-state index is 0.470. The van der Waals surface area contributed by atoms with Gasteiger partial charge in [0.25, 0.3) is 0 Å². The lowest BCUT2D eigenvalue weighted by Crippen LogP contribution is -2.04. The monoisotopic (exact) mass is 409 g/mol. The third-order valence-electron chi connectivity index (χ3n) is 2.99. The van der Waals surface area contributed by atoms with Crippen molar-refractivity contribution in [2.24, 2.45) is 0 Å². The largest absolute Gasteiger partial charge is 0.490 e. The fourth-order valence-corrected chi connectivity index (χ4v) is 2.85. The second kappa shape index (κ2) is 8.68. The molecule has 0 aliphatic rings. The highest BCUT2D eigenvalue weighted by atomic mass is 127. The first-order chi connectivity index (χ1) is 10.7. The van der Waals surface area contributed by atoms with E-state index in [4.69, 9.17) is 9.47 Å². The van der Waals surface area contributed by atoms with E-state index in [1.807, 2.05) is 31.2 Å². The van der Waals surface area contributed by atoms with Crippen LogP contribution in [-0.4, -0.2) is 13.2 Å². The Kier molecular flexibility index (Phi) is 6.58. The van der Waals surface area contributed by atoms with Crippen LogP contribution >= 0.6 is 22.6 Å². The zero-order valence-corrected chi connectivity index (χ0v) is 14.8. The van der Waals surface area contributed by atoms with Crippen LogP contribution in [0.1, 0.15) is 12.5 Å². The molecule has 116 valence electrons. The summed E-state index contributed by atoms with van der Waals surface area (Å²) in [6.07, 6.45) is 1.73. The summed E-state index contributed by atoms with van der Waals surface area (Å²) in [5.41, 5.74) is 2.25. The van der Waals surface area contributed by atoms with Crippen molar-refractivity contribution in [1.82, 2.24) is 0 Å². The van der Waals surface area contributed by atoms with Crippen LogP contribution in [0.3, 0.4) is 0 Å². The molecule has 0 aromatic heterocycles. The van der Waals surface area contributed by atoms with Crippen LogP contribution in [0, 0.1) is 3.57 Å². The number of para-hydroxylation sites is 1. The molecule has 0 atom stereocenters. The van der Waals surface area contributed by atoms with Gasteiger partial charge in [0.2, 0.25) is 0 Å². The average Bonchev–Trinajstić information content (AvgIpc) is 2.53. The summed E-state index contributed by atoms with van der Waals surface area (Å²) < 4.78 is 12.5. The van der Waals surface area contributed by atoms with Gasteiger partial charge in [0.15, 0.2) is 11.5 Å². The number of halogens is 1. The average molecular weight is 409 g/mol. The van der Waals surface area contributed by atoms with Crippen LogP contribution in [0.2, 0.25) is 0 Å². The van der Waals surface area contributed by atoms with Gasteiger partial charge in [-0.3, -0.25) is 0 Å². The van der Waals surface area contributed by atoms with Crippen molar-refractivity contribution in [3.05, 3.63) is 64.3 Å². The maximum atomic E-state index is 5.72. The molecule has 0 amide bonds. The summed E-state index contributed by atoms with van der Waals surface area (Å²) in [4.78, 5) is 0. The molecule has 0 radical (unpaired) electrons. The van der Waals surface area contributed by atoms with E-state index >= 15 is 0 Å². The third-order valence-corrected chi connectivity index (χ3v) is 3.79. The molecule has 0 aliphatic heterocycles. The molecule has 1 N–H and O–H groups in total. The Bertz CT molecular complexity index is 614. The van der Waals surface area contributed by atoms with Gasteiger partial charge in [-0.05, 0) is 59.3 Å². The molecular weight excluding hydrogens is 389 g/mol. The van der Waals surface area contributed by atoms with Gasteiger partial charge in [-0.15, -0.1) is 0 Å². The lowest BCUT2D eigenvalue weighted by Gasteiger charge is -2.15. The highest BCUT2D eigenvalue weighted by molar-refractivity contribution is 14.1. The molecule has 22 heavy (non-hydrogen) atoms. The molecule has 4 heteroatoms. The molecule has 0 fully saturated rings. The zero-order valence-electron chi connectivity index (χ0n) is 12.6. The molecule has 0 unspecified atom stereocenters. The van der Waals surface area contributed by atoms with Gasteiger partial charge < -0.3 is 14.8 Å². The summed E-state index contributed by atoms with van der Waals surface area (Å²) >= 11 is 2.28. The summed E-state index contributed by atoms with van der Waals surface area (Å²) in [5, 5.41) is 3.40. The van der Waals surface area contributed by atoms with E-state index in [0.717, 1.165) is 32.9 Å². The van der Waals surface area contributed by atoms with Crippen molar-refractivity contribution in [2.75, 3.05) is 18.5 Å². The summed E-state index contributed by atoms with van der Waals surface area (Å²) in [6, 6.07) is 14.3. The van der Waals surface area contributed by atoms with Gasteiger partial charge in [-0.2, -0.15) is 0 Å². The number of nitrogens with one attached hydrogen (secondary N) is 1. The fourth-order valence-electron chi connectivity index (χ4n) is 2.03. The summed E-state index contributed by atoms with van der Waals surface area (Å²) in [6.45, 7) is 7.47. The van der Waals surface area contributed by atoms with Gasteiger partial charge in [-0.25, -0.2) is 0 Å². The van der Waals surface area contributed by atoms with E-state index in [0.29, 0.717) is 13.2 Å². The van der Waals surface area contributed by atoms with Crippen molar-refractivity contribution in [2.45, 2.75) is 13.5 Å². The van der Waals surface area contributed by atoms with E-state index in [2.05, 4.69) is 52.7 Å². The van der Waals surface area contributed by atoms with Crippen molar-refractivity contribution in [1.29, 1.82) is 0 Å². The van der Waals surface area contributed by atoms with Crippen LogP contribution < -0.4 is 14.8 Å². The third kappa shape index (κ3) is 4.66. The van der Waals surface area contributed by atoms with Crippen LogP contribution in [0.25, 0.3) is 0 Å². The second-order valence-electron chi connectivity index (χ2n) is 4.66. The Morgan fingerprint density at radius 3 is 2.64 bits per heavy atom. The molecule has 0 spiro atoms. The number of ether oxygens (including phenoxy) is 2. The predicted molar refractivity (Wildman–Crippen MR) is 99.8 cm³/mol. The van der Waals surface area contributed by atoms with Crippen LogP contribution in [-0.2, 0) is 6.54 Å². The number of hydrogen-bond acceptors (Lipinski definition) is 3. The van der Waals surface area contributed by atoms with Crippen molar-refractivity contribution in [3.63, 3.8) is 0 Å². The Labute approximate surface area is 145 Å². The van der Waals surface area contributed by atoms with Gasteiger partial charge >= 0.3 is 0 Å². The molecule has 2 rings (SSSR count). The summed E-state index contributed by atoms with van der Waals surface area (Å²) in [7, 11) is 0. The van der Waals surface area contributed by atoms with Crippen molar-refractivity contribution in [3.8, 4) is 11.5 Å². The fraction of sp³-hybridized carbons (Fsp3) is 0.222. The lowest BCUT2D eigenvalue weighted by molar-refractivity contribution is 0.295. The minimum Gasteiger partial charge on any atom is -0.490 e.